The molecule has 1 N–H and O–H groups in total. The highest BCUT2D eigenvalue weighted by Crippen LogP contribution is 2.16. The number of carbonyl (C=O) groups excluding carboxylic acids is 1. The standard InChI is InChI=1S/C21H16N6O/c28-21(25-27-14-23-18-8-4-5-9-19(18)27)17-10-16-12-24-26(20(16)22-11-17)13-15-6-2-1-3-7-15/h1-12,14H,13H2,(H,25,28). The van der Waals surface area contributed by atoms with E-state index in [1.165, 1.54) is 0 Å². The molecule has 2 aromatic carbocycles. The number of nitrogens with zero attached hydrogens (tertiary/aromatic N) is 5. The van der Waals surface area contributed by atoms with Crippen LogP contribution in [0.15, 0.2) is 79.4 Å². The molecular formula is C21H16N6O. The Bertz CT molecular complexity index is 1290. The van der Waals surface area contributed by atoms with E-state index in [9.17, 15) is 4.79 Å². The number of hydrogen-bond donors (Lipinski definition) is 1. The fourth-order valence-corrected chi connectivity index (χ4v) is 3.19. The van der Waals surface area contributed by atoms with Crippen LogP contribution >= 0.6 is 0 Å². The summed E-state index contributed by atoms with van der Waals surface area (Å²) < 4.78 is 3.44. The van der Waals surface area contributed by atoms with Gasteiger partial charge in [-0.15, -0.1) is 0 Å². The van der Waals surface area contributed by atoms with Crippen molar-refractivity contribution < 1.29 is 4.79 Å². The van der Waals surface area contributed by atoms with Crippen molar-refractivity contribution in [1.29, 1.82) is 0 Å². The van der Waals surface area contributed by atoms with Crippen LogP contribution < -0.4 is 5.43 Å². The molecule has 0 aliphatic heterocycles. The van der Waals surface area contributed by atoms with Crippen LogP contribution in [-0.4, -0.2) is 30.3 Å². The van der Waals surface area contributed by atoms with E-state index in [0.29, 0.717) is 12.1 Å². The third-order valence-corrected chi connectivity index (χ3v) is 4.59. The Labute approximate surface area is 160 Å². The number of pyridine rings is 1. The highest BCUT2D eigenvalue weighted by molar-refractivity contribution is 6.02. The number of hydrogen-bond acceptors (Lipinski definition) is 4. The normalized spacial score (nSPS) is 11.1. The summed E-state index contributed by atoms with van der Waals surface area (Å²) in [6.45, 7) is 0.629. The first-order chi connectivity index (χ1) is 13.8. The second-order valence-corrected chi connectivity index (χ2v) is 6.47. The highest BCUT2D eigenvalue weighted by atomic mass is 16.2. The lowest BCUT2D eigenvalue weighted by atomic mass is 10.2. The molecule has 28 heavy (non-hydrogen) atoms. The number of nitrogens with one attached hydrogen (secondary N) is 1. The van der Waals surface area contributed by atoms with Crippen molar-refractivity contribution in [2.45, 2.75) is 6.54 Å². The fourth-order valence-electron chi connectivity index (χ4n) is 3.19. The van der Waals surface area contributed by atoms with Gasteiger partial charge in [-0.05, 0) is 23.8 Å². The zero-order valence-corrected chi connectivity index (χ0v) is 14.9. The van der Waals surface area contributed by atoms with E-state index in [0.717, 1.165) is 27.6 Å². The molecule has 0 saturated carbocycles. The molecule has 0 fully saturated rings. The van der Waals surface area contributed by atoms with Gasteiger partial charge < -0.3 is 0 Å². The zero-order chi connectivity index (χ0) is 18.9. The van der Waals surface area contributed by atoms with Crippen molar-refractivity contribution in [3.05, 3.63) is 90.5 Å². The van der Waals surface area contributed by atoms with Crippen molar-refractivity contribution in [2.24, 2.45) is 0 Å². The van der Waals surface area contributed by atoms with Crippen LogP contribution in [-0.2, 0) is 6.54 Å². The largest absolute Gasteiger partial charge is 0.271 e. The van der Waals surface area contributed by atoms with Gasteiger partial charge in [0.05, 0.1) is 29.3 Å². The predicted molar refractivity (Wildman–Crippen MR) is 106 cm³/mol. The minimum Gasteiger partial charge on any atom is -0.267 e. The number of fused-ring (bicyclic) bond motifs is 2. The molecule has 0 bridgehead atoms. The van der Waals surface area contributed by atoms with Gasteiger partial charge in [-0.3, -0.25) is 10.2 Å². The lowest BCUT2D eigenvalue weighted by Crippen LogP contribution is -2.22. The molecule has 3 aromatic heterocycles. The van der Waals surface area contributed by atoms with Gasteiger partial charge in [-0.25, -0.2) is 19.3 Å². The summed E-state index contributed by atoms with van der Waals surface area (Å²) in [6.07, 6.45) is 4.89. The molecule has 0 spiro atoms. The topological polar surface area (TPSA) is 77.6 Å². The number of amides is 1. The number of para-hydroxylation sites is 2. The number of imidazole rings is 1. The van der Waals surface area contributed by atoms with Gasteiger partial charge >= 0.3 is 0 Å². The van der Waals surface area contributed by atoms with E-state index in [4.69, 9.17) is 0 Å². The van der Waals surface area contributed by atoms with Crippen LogP contribution in [0.2, 0.25) is 0 Å². The number of benzene rings is 2. The second kappa shape index (κ2) is 6.62. The van der Waals surface area contributed by atoms with Crippen LogP contribution in [0.3, 0.4) is 0 Å². The van der Waals surface area contributed by atoms with Crippen molar-refractivity contribution in [3.63, 3.8) is 0 Å². The maximum Gasteiger partial charge on any atom is 0.271 e. The van der Waals surface area contributed by atoms with Crippen molar-refractivity contribution in [1.82, 2.24) is 24.4 Å². The van der Waals surface area contributed by atoms with Gasteiger partial charge in [-0.1, -0.05) is 42.5 Å². The summed E-state index contributed by atoms with van der Waals surface area (Å²) in [6, 6.07) is 19.5. The molecule has 1 amide bonds. The first kappa shape index (κ1) is 16.2. The molecule has 3 heterocycles. The maximum absolute atomic E-state index is 12.7. The summed E-state index contributed by atoms with van der Waals surface area (Å²) in [7, 11) is 0. The number of aromatic nitrogens is 5. The van der Waals surface area contributed by atoms with Gasteiger partial charge in [0.2, 0.25) is 0 Å². The minimum absolute atomic E-state index is 0.256. The summed E-state index contributed by atoms with van der Waals surface area (Å²) >= 11 is 0. The van der Waals surface area contributed by atoms with Gasteiger partial charge in [0.15, 0.2) is 5.65 Å². The smallest absolute Gasteiger partial charge is 0.267 e. The number of carbonyl (C=O) groups is 1. The maximum atomic E-state index is 12.7. The number of rotatable bonds is 4. The minimum atomic E-state index is -0.256. The van der Waals surface area contributed by atoms with Crippen molar-refractivity contribution in [2.75, 3.05) is 5.43 Å². The fraction of sp³-hybridized carbons (Fsp3) is 0.0476. The average Bonchev–Trinajstić information content (AvgIpc) is 3.33. The lowest BCUT2D eigenvalue weighted by Gasteiger charge is -2.07. The van der Waals surface area contributed by atoms with Gasteiger partial charge in [0.1, 0.15) is 6.33 Å². The lowest BCUT2D eigenvalue weighted by molar-refractivity contribution is 0.101. The molecule has 7 nitrogen and oxygen atoms in total. The summed E-state index contributed by atoms with van der Waals surface area (Å²) in [4.78, 5) is 21.4. The van der Waals surface area contributed by atoms with Crippen LogP contribution in [0, 0.1) is 0 Å². The van der Waals surface area contributed by atoms with Gasteiger partial charge in [0, 0.05) is 11.6 Å². The summed E-state index contributed by atoms with van der Waals surface area (Å²) in [5.74, 6) is -0.256. The predicted octanol–water partition coefficient (Wildman–Crippen LogP) is 3.21. The average molecular weight is 368 g/mol. The summed E-state index contributed by atoms with van der Waals surface area (Å²) in [5.41, 5.74) is 6.84. The van der Waals surface area contributed by atoms with E-state index in [1.54, 1.807) is 29.5 Å². The third-order valence-electron chi connectivity index (χ3n) is 4.59. The van der Waals surface area contributed by atoms with E-state index >= 15 is 0 Å². The Morgan fingerprint density at radius 2 is 1.79 bits per heavy atom. The van der Waals surface area contributed by atoms with Crippen LogP contribution in [0.25, 0.3) is 22.1 Å². The van der Waals surface area contributed by atoms with E-state index in [-0.39, 0.29) is 5.91 Å². The molecule has 7 heteroatoms. The van der Waals surface area contributed by atoms with Crippen molar-refractivity contribution in [3.8, 4) is 0 Å². The molecule has 0 aliphatic rings. The first-order valence-corrected chi connectivity index (χ1v) is 8.87. The Morgan fingerprint density at radius 1 is 0.964 bits per heavy atom. The van der Waals surface area contributed by atoms with E-state index in [2.05, 4.69) is 20.5 Å². The Balaban J connectivity index is 1.41. The Hall–Kier alpha value is -4.00. The molecule has 0 saturated heterocycles. The molecule has 5 rings (SSSR count). The first-order valence-electron chi connectivity index (χ1n) is 8.87. The monoisotopic (exact) mass is 368 g/mol. The van der Waals surface area contributed by atoms with Gasteiger partial charge in [0.25, 0.3) is 5.91 Å². The molecule has 0 atom stereocenters. The zero-order valence-electron chi connectivity index (χ0n) is 14.9. The molecule has 0 aliphatic carbocycles. The van der Waals surface area contributed by atoms with Crippen LogP contribution in [0.4, 0.5) is 0 Å². The molecule has 0 unspecified atom stereocenters. The van der Waals surface area contributed by atoms with E-state index < -0.39 is 0 Å². The second-order valence-electron chi connectivity index (χ2n) is 6.47. The summed E-state index contributed by atoms with van der Waals surface area (Å²) in [5, 5.41) is 5.23. The van der Waals surface area contributed by atoms with Crippen molar-refractivity contribution >= 4 is 28.0 Å². The molecule has 136 valence electrons. The molecular weight excluding hydrogens is 352 g/mol. The molecule has 0 radical (unpaired) electrons. The SMILES string of the molecule is O=C(Nn1cnc2ccccc21)c1cnc2c(cnn2Cc2ccccc2)c1. The Kier molecular flexibility index (Phi) is 3.83. The quantitative estimate of drug-likeness (QED) is 0.528. The highest BCUT2D eigenvalue weighted by Gasteiger charge is 2.12. The van der Waals surface area contributed by atoms with Crippen LogP contribution in [0.5, 0.6) is 0 Å². The Morgan fingerprint density at radius 3 is 2.68 bits per heavy atom. The molecule has 5 aromatic rings. The van der Waals surface area contributed by atoms with Crippen LogP contribution in [0.1, 0.15) is 15.9 Å². The van der Waals surface area contributed by atoms with E-state index in [1.807, 2.05) is 59.3 Å². The van der Waals surface area contributed by atoms with Gasteiger partial charge in [-0.2, -0.15) is 5.10 Å². The third kappa shape index (κ3) is 2.88.